The molecule has 6 heteroatoms. The molecule has 2 unspecified atom stereocenters. The van der Waals surface area contributed by atoms with Gasteiger partial charge >= 0.3 is 5.97 Å². The molecule has 0 bridgehead atoms. The van der Waals surface area contributed by atoms with E-state index < -0.39 is 12.0 Å². The summed E-state index contributed by atoms with van der Waals surface area (Å²) >= 11 is 7.49. The summed E-state index contributed by atoms with van der Waals surface area (Å²) in [4.78, 5) is 16.8. The van der Waals surface area contributed by atoms with Gasteiger partial charge in [-0.3, -0.25) is 10.1 Å². The number of carboxylic acids is 1. The summed E-state index contributed by atoms with van der Waals surface area (Å²) in [5.74, 6) is -0.825. The molecule has 0 aliphatic rings. The van der Waals surface area contributed by atoms with E-state index in [0.29, 0.717) is 11.4 Å². The molecular weight excluding hydrogens is 320 g/mol. The zero-order valence-electron chi connectivity index (χ0n) is 12.8. The smallest absolute Gasteiger partial charge is 0.320 e. The van der Waals surface area contributed by atoms with E-state index >= 15 is 0 Å². The van der Waals surface area contributed by atoms with E-state index in [1.165, 1.54) is 0 Å². The molecule has 0 fully saturated rings. The molecule has 4 nitrogen and oxygen atoms in total. The number of carboxylic acid groups (broad SMARTS) is 1. The number of nitrogens with zero attached hydrogens (tertiary/aromatic N) is 1. The number of benzene rings is 1. The molecule has 2 rings (SSSR count). The van der Waals surface area contributed by atoms with Crippen LogP contribution in [0, 0.1) is 6.92 Å². The van der Waals surface area contributed by atoms with Crippen molar-refractivity contribution < 1.29 is 9.90 Å². The van der Waals surface area contributed by atoms with E-state index in [4.69, 9.17) is 16.7 Å². The molecule has 0 radical (unpaired) electrons. The number of aliphatic carboxylic acids is 1. The molecular formula is C16H19ClN2O2S. The van der Waals surface area contributed by atoms with Crippen LogP contribution in [0.4, 0.5) is 0 Å². The van der Waals surface area contributed by atoms with Crippen molar-refractivity contribution in [1.29, 1.82) is 0 Å². The molecule has 0 amide bonds. The van der Waals surface area contributed by atoms with Crippen LogP contribution in [0.1, 0.15) is 36.9 Å². The fourth-order valence-electron chi connectivity index (χ4n) is 2.27. The van der Waals surface area contributed by atoms with Gasteiger partial charge in [0.2, 0.25) is 0 Å². The predicted molar refractivity (Wildman–Crippen MR) is 90.6 cm³/mol. The third-order valence-corrected chi connectivity index (χ3v) is 5.12. The largest absolute Gasteiger partial charge is 0.480 e. The fraction of sp³-hybridized carbons (Fsp3) is 0.375. The Morgan fingerprint density at radius 2 is 2.05 bits per heavy atom. The number of hydrogen-bond acceptors (Lipinski definition) is 4. The van der Waals surface area contributed by atoms with Crippen LogP contribution in [0.5, 0.6) is 0 Å². The van der Waals surface area contributed by atoms with Gasteiger partial charge in [0.25, 0.3) is 0 Å². The van der Waals surface area contributed by atoms with E-state index in [9.17, 15) is 4.79 Å². The second-order valence-electron chi connectivity index (χ2n) is 5.16. The summed E-state index contributed by atoms with van der Waals surface area (Å²) in [6, 6.07) is 6.96. The molecule has 0 saturated heterocycles. The van der Waals surface area contributed by atoms with Crippen molar-refractivity contribution >= 4 is 28.9 Å². The van der Waals surface area contributed by atoms with Gasteiger partial charge < -0.3 is 5.11 Å². The van der Waals surface area contributed by atoms with Crippen molar-refractivity contribution in [3.8, 4) is 10.6 Å². The minimum absolute atomic E-state index is 0.0559. The number of halogens is 1. The average Bonchev–Trinajstić information content (AvgIpc) is 2.87. The lowest BCUT2D eigenvalue weighted by molar-refractivity contribution is -0.139. The molecule has 0 saturated carbocycles. The standard InChI is InChI=1S/C16H19ClN2O2S/c1-4-13(16(20)21)18-9(2)14-10(3)19-15(22-14)11-5-7-12(17)8-6-11/h5-9,13,18H,4H2,1-3H3,(H,20,21). The Morgan fingerprint density at radius 3 is 2.59 bits per heavy atom. The molecule has 1 aromatic heterocycles. The van der Waals surface area contributed by atoms with Gasteiger partial charge in [0, 0.05) is 21.5 Å². The highest BCUT2D eigenvalue weighted by Crippen LogP contribution is 2.32. The second-order valence-corrected chi connectivity index (χ2v) is 6.63. The first-order valence-electron chi connectivity index (χ1n) is 7.14. The molecule has 0 aliphatic carbocycles. The Labute approximate surface area is 139 Å². The van der Waals surface area contributed by atoms with Crippen LogP contribution in [0.2, 0.25) is 5.02 Å². The van der Waals surface area contributed by atoms with Gasteiger partial charge in [-0.15, -0.1) is 11.3 Å². The zero-order chi connectivity index (χ0) is 16.3. The highest BCUT2D eigenvalue weighted by molar-refractivity contribution is 7.15. The monoisotopic (exact) mass is 338 g/mol. The molecule has 0 aliphatic heterocycles. The highest BCUT2D eigenvalue weighted by atomic mass is 35.5. The number of aromatic nitrogens is 1. The van der Waals surface area contributed by atoms with Crippen molar-refractivity contribution in [3.05, 3.63) is 39.9 Å². The Bertz CT molecular complexity index is 655. The van der Waals surface area contributed by atoms with E-state index in [1.807, 2.05) is 45.0 Å². The quantitative estimate of drug-likeness (QED) is 0.825. The molecule has 0 spiro atoms. The lowest BCUT2D eigenvalue weighted by Gasteiger charge is -2.18. The number of hydrogen-bond donors (Lipinski definition) is 2. The Balaban J connectivity index is 2.22. The molecule has 22 heavy (non-hydrogen) atoms. The first kappa shape index (κ1) is 16.9. The van der Waals surface area contributed by atoms with Crippen molar-refractivity contribution in [2.24, 2.45) is 0 Å². The first-order valence-corrected chi connectivity index (χ1v) is 8.34. The van der Waals surface area contributed by atoms with Gasteiger partial charge in [0.15, 0.2) is 0 Å². The van der Waals surface area contributed by atoms with Crippen LogP contribution in [0.3, 0.4) is 0 Å². The van der Waals surface area contributed by atoms with Crippen LogP contribution >= 0.6 is 22.9 Å². The van der Waals surface area contributed by atoms with Crippen molar-refractivity contribution in [1.82, 2.24) is 10.3 Å². The van der Waals surface area contributed by atoms with Crippen LogP contribution in [-0.4, -0.2) is 22.1 Å². The summed E-state index contributed by atoms with van der Waals surface area (Å²) in [6.07, 6.45) is 0.543. The normalized spacial score (nSPS) is 13.8. The van der Waals surface area contributed by atoms with Gasteiger partial charge in [-0.1, -0.05) is 30.7 Å². The Hall–Kier alpha value is -1.43. The summed E-state index contributed by atoms with van der Waals surface area (Å²) in [5, 5.41) is 13.9. The first-order chi connectivity index (χ1) is 10.4. The van der Waals surface area contributed by atoms with E-state index in [1.54, 1.807) is 11.3 Å². The van der Waals surface area contributed by atoms with Crippen LogP contribution in [0.15, 0.2) is 24.3 Å². The maximum absolute atomic E-state index is 11.2. The third kappa shape index (κ3) is 3.85. The Kier molecular flexibility index (Phi) is 5.56. The zero-order valence-corrected chi connectivity index (χ0v) is 14.3. The average molecular weight is 339 g/mol. The lowest BCUT2D eigenvalue weighted by Crippen LogP contribution is -2.37. The SMILES string of the molecule is CCC(NC(C)c1sc(-c2ccc(Cl)cc2)nc1C)C(=O)O. The van der Waals surface area contributed by atoms with E-state index in [2.05, 4.69) is 10.3 Å². The molecule has 2 atom stereocenters. The van der Waals surface area contributed by atoms with Gasteiger partial charge in [0.05, 0.1) is 5.69 Å². The summed E-state index contributed by atoms with van der Waals surface area (Å²) in [5.41, 5.74) is 1.94. The van der Waals surface area contributed by atoms with E-state index in [0.717, 1.165) is 21.1 Å². The minimum Gasteiger partial charge on any atom is -0.480 e. The molecule has 1 heterocycles. The van der Waals surface area contributed by atoms with Gasteiger partial charge in [0.1, 0.15) is 11.0 Å². The number of rotatable bonds is 6. The van der Waals surface area contributed by atoms with E-state index in [-0.39, 0.29) is 6.04 Å². The molecule has 2 N–H and O–H groups in total. The van der Waals surface area contributed by atoms with Crippen LogP contribution in [0.25, 0.3) is 10.6 Å². The summed E-state index contributed by atoms with van der Waals surface area (Å²) in [6.45, 7) is 5.78. The number of thiazole rings is 1. The minimum atomic E-state index is -0.825. The lowest BCUT2D eigenvalue weighted by atomic mass is 10.1. The maximum atomic E-state index is 11.2. The van der Waals surface area contributed by atoms with Crippen LogP contribution < -0.4 is 5.32 Å². The topological polar surface area (TPSA) is 62.2 Å². The van der Waals surface area contributed by atoms with Gasteiger partial charge in [-0.05, 0) is 32.4 Å². The number of carbonyl (C=O) groups is 1. The molecule has 2 aromatic rings. The molecule has 118 valence electrons. The van der Waals surface area contributed by atoms with Gasteiger partial charge in [-0.25, -0.2) is 4.98 Å². The predicted octanol–water partition coefficient (Wildman–Crippen LogP) is 4.29. The summed E-state index contributed by atoms with van der Waals surface area (Å²) in [7, 11) is 0. The highest BCUT2D eigenvalue weighted by Gasteiger charge is 2.21. The summed E-state index contributed by atoms with van der Waals surface area (Å²) < 4.78 is 0. The number of aryl methyl sites for hydroxylation is 1. The fourth-order valence-corrected chi connectivity index (χ4v) is 3.48. The molecule has 1 aromatic carbocycles. The third-order valence-electron chi connectivity index (χ3n) is 3.47. The second kappa shape index (κ2) is 7.22. The van der Waals surface area contributed by atoms with Crippen molar-refractivity contribution in [3.63, 3.8) is 0 Å². The Morgan fingerprint density at radius 1 is 1.41 bits per heavy atom. The van der Waals surface area contributed by atoms with Crippen molar-refractivity contribution in [2.45, 2.75) is 39.3 Å². The van der Waals surface area contributed by atoms with Crippen LogP contribution in [-0.2, 0) is 4.79 Å². The number of nitrogens with one attached hydrogen (secondary N) is 1. The van der Waals surface area contributed by atoms with Gasteiger partial charge in [-0.2, -0.15) is 0 Å². The van der Waals surface area contributed by atoms with Crippen molar-refractivity contribution in [2.75, 3.05) is 0 Å². The maximum Gasteiger partial charge on any atom is 0.320 e.